The Hall–Kier alpha value is -1.30. The molecule has 0 aromatic heterocycles. The lowest BCUT2D eigenvalue weighted by molar-refractivity contribution is -0.136. The number of nitrogens with one attached hydrogen (secondary N) is 1. The van der Waals surface area contributed by atoms with Crippen LogP contribution in [0.5, 0.6) is 0 Å². The van der Waals surface area contributed by atoms with E-state index in [-0.39, 0.29) is 11.7 Å². The summed E-state index contributed by atoms with van der Waals surface area (Å²) in [7, 11) is 0. The van der Waals surface area contributed by atoms with E-state index in [4.69, 9.17) is 10.9 Å². The highest BCUT2D eigenvalue weighted by atomic mass is 16.4. The molecular formula is C14H28N4O2. The fraction of sp³-hybridized carbons (Fsp3) is 0.857. The first kappa shape index (κ1) is 16.8. The number of hydrogen-bond acceptors (Lipinski definition) is 4. The van der Waals surface area contributed by atoms with Crippen molar-refractivity contribution in [2.24, 2.45) is 16.3 Å². The molecule has 0 aliphatic carbocycles. The molecule has 1 heterocycles. The standard InChI is InChI=1S/C14H28N4O2/c1-5-14(6-2,12(15)17-20)13(19)16-18-10(3)8-7-9-11(18)4/h10-11,20H,5-9H2,1-4H3,(H2,15,17)(H,16,19). The lowest BCUT2D eigenvalue weighted by Crippen LogP contribution is -2.59. The number of hydrogen-bond donors (Lipinski definition) is 3. The molecule has 0 aromatic rings. The second-order valence-electron chi connectivity index (χ2n) is 5.75. The quantitative estimate of drug-likeness (QED) is 0.311. The number of piperidine rings is 1. The monoisotopic (exact) mass is 284 g/mol. The molecule has 1 amide bonds. The predicted octanol–water partition coefficient (Wildman–Crippen LogP) is 1.83. The highest BCUT2D eigenvalue weighted by Crippen LogP contribution is 2.28. The Balaban J connectivity index is 2.91. The van der Waals surface area contributed by atoms with Crippen molar-refractivity contribution >= 4 is 11.7 Å². The summed E-state index contributed by atoms with van der Waals surface area (Å²) in [6, 6.07) is 0.614. The molecule has 2 atom stereocenters. The molecule has 0 radical (unpaired) electrons. The summed E-state index contributed by atoms with van der Waals surface area (Å²) >= 11 is 0. The normalized spacial score (nSPS) is 25.5. The number of nitrogens with two attached hydrogens (primary N) is 1. The van der Waals surface area contributed by atoms with Gasteiger partial charge in [-0.05, 0) is 39.5 Å². The van der Waals surface area contributed by atoms with Crippen molar-refractivity contribution in [2.45, 2.75) is 71.9 Å². The van der Waals surface area contributed by atoms with Crippen LogP contribution in [0.2, 0.25) is 0 Å². The van der Waals surface area contributed by atoms with E-state index < -0.39 is 5.41 Å². The molecule has 1 saturated heterocycles. The number of rotatable bonds is 5. The molecule has 0 bridgehead atoms. The number of nitrogens with zero attached hydrogens (tertiary/aromatic N) is 2. The van der Waals surface area contributed by atoms with Gasteiger partial charge in [0, 0.05) is 12.1 Å². The van der Waals surface area contributed by atoms with Crippen LogP contribution in [0.1, 0.15) is 59.8 Å². The molecule has 1 aliphatic rings. The number of amidine groups is 1. The number of carbonyl (C=O) groups excluding carboxylic acids is 1. The van der Waals surface area contributed by atoms with Crippen molar-refractivity contribution in [1.82, 2.24) is 10.4 Å². The lowest BCUT2D eigenvalue weighted by atomic mass is 9.80. The van der Waals surface area contributed by atoms with Gasteiger partial charge in [0.15, 0.2) is 5.84 Å². The van der Waals surface area contributed by atoms with Crippen LogP contribution in [0.15, 0.2) is 5.16 Å². The van der Waals surface area contributed by atoms with Gasteiger partial charge in [-0.1, -0.05) is 25.4 Å². The summed E-state index contributed by atoms with van der Waals surface area (Å²) in [5.41, 5.74) is 7.83. The minimum absolute atomic E-state index is 0.0164. The Labute approximate surface area is 121 Å². The molecule has 0 aromatic carbocycles. The van der Waals surface area contributed by atoms with Crippen LogP contribution < -0.4 is 11.2 Å². The molecule has 6 nitrogen and oxygen atoms in total. The average molecular weight is 284 g/mol. The van der Waals surface area contributed by atoms with Crippen LogP contribution in [-0.4, -0.2) is 34.0 Å². The predicted molar refractivity (Wildman–Crippen MR) is 79.2 cm³/mol. The fourth-order valence-electron chi connectivity index (χ4n) is 3.01. The van der Waals surface area contributed by atoms with Crippen LogP contribution in [0, 0.1) is 5.41 Å². The molecule has 0 saturated carbocycles. The molecule has 2 unspecified atom stereocenters. The summed E-state index contributed by atoms with van der Waals surface area (Å²) in [5, 5.41) is 14.0. The zero-order chi connectivity index (χ0) is 15.3. The first-order valence-electron chi connectivity index (χ1n) is 7.50. The summed E-state index contributed by atoms with van der Waals surface area (Å²) < 4.78 is 0. The molecule has 1 aliphatic heterocycles. The minimum atomic E-state index is -0.939. The molecule has 4 N–H and O–H groups in total. The molecule has 116 valence electrons. The van der Waals surface area contributed by atoms with Crippen molar-refractivity contribution in [3.05, 3.63) is 0 Å². The van der Waals surface area contributed by atoms with Crippen molar-refractivity contribution in [1.29, 1.82) is 0 Å². The van der Waals surface area contributed by atoms with E-state index in [1.54, 1.807) is 0 Å². The van der Waals surface area contributed by atoms with E-state index in [1.165, 1.54) is 6.42 Å². The van der Waals surface area contributed by atoms with Gasteiger partial charge in [-0.25, -0.2) is 5.01 Å². The number of hydrazine groups is 1. The maximum atomic E-state index is 12.7. The number of amides is 1. The highest BCUT2D eigenvalue weighted by molar-refractivity contribution is 6.06. The van der Waals surface area contributed by atoms with Crippen molar-refractivity contribution in [3.8, 4) is 0 Å². The maximum Gasteiger partial charge on any atom is 0.248 e. The van der Waals surface area contributed by atoms with Gasteiger partial charge in [0.05, 0.1) is 0 Å². The third kappa shape index (κ3) is 3.06. The molecule has 1 rings (SSSR count). The molecule has 0 spiro atoms. The van der Waals surface area contributed by atoms with Gasteiger partial charge in [-0.3, -0.25) is 10.2 Å². The molecule has 6 heteroatoms. The minimum Gasteiger partial charge on any atom is -0.409 e. The van der Waals surface area contributed by atoms with E-state index in [2.05, 4.69) is 24.4 Å². The number of oxime groups is 1. The lowest BCUT2D eigenvalue weighted by Gasteiger charge is -2.41. The van der Waals surface area contributed by atoms with Crippen LogP contribution in [0.25, 0.3) is 0 Å². The smallest absolute Gasteiger partial charge is 0.248 e. The van der Waals surface area contributed by atoms with Crippen LogP contribution >= 0.6 is 0 Å². The second kappa shape index (κ2) is 6.92. The van der Waals surface area contributed by atoms with Gasteiger partial charge in [0.1, 0.15) is 5.41 Å². The van der Waals surface area contributed by atoms with Gasteiger partial charge in [0.25, 0.3) is 0 Å². The third-order valence-corrected chi connectivity index (χ3v) is 4.66. The molecule has 20 heavy (non-hydrogen) atoms. The first-order chi connectivity index (χ1) is 9.42. The Morgan fingerprint density at radius 2 is 1.85 bits per heavy atom. The number of carbonyl (C=O) groups is 1. The zero-order valence-corrected chi connectivity index (χ0v) is 13.0. The summed E-state index contributed by atoms with van der Waals surface area (Å²) in [6.45, 7) is 7.98. The largest absolute Gasteiger partial charge is 0.409 e. The zero-order valence-electron chi connectivity index (χ0n) is 13.0. The topological polar surface area (TPSA) is 91.0 Å². The second-order valence-corrected chi connectivity index (χ2v) is 5.75. The summed E-state index contributed by atoms with van der Waals surface area (Å²) in [6.07, 6.45) is 4.32. The molecule has 1 fully saturated rings. The van der Waals surface area contributed by atoms with E-state index in [1.807, 2.05) is 18.9 Å². The van der Waals surface area contributed by atoms with E-state index in [0.717, 1.165) is 12.8 Å². The van der Waals surface area contributed by atoms with Gasteiger partial charge < -0.3 is 10.9 Å². The van der Waals surface area contributed by atoms with Gasteiger partial charge >= 0.3 is 0 Å². The Kier molecular flexibility index (Phi) is 5.80. The van der Waals surface area contributed by atoms with E-state index >= 15 is 0 Å². The van der Waals surface area contributed by atoms with E-state index in [0.29, 0.717) is 24.9 Å². The third-order valence-electron chi connectivity index (χ3n) is 4.66. The van der Waals surface area contributed by atoms with Gasteiger partial charge in [0.2, 0.25) is 5.91 Å². The van der Waals surface area contributed by atoms with Gasteiger partial charge in [-0.15, -0.1) is 0 Å². The SMILES string of the molecule is CCC(CC)(C(=O)NN1C(C)CCCC1C)C(N)=NO. The summed E-state index contributed by atoms with van der Waals surface area (Å²) in [4.78, 5) is 12.7. The summed E-state index contributed by atoms with van der Waals surface area (Å²) in [5.74, 6) is -0.198. The fourth-order valence-corrected chi connectivity index (χ4v) is 3.01. The maximum absolute atomic E-state index is 12.7. The first-order valence-corrected chi connectivity index (χ1v) is 7.50. The van der Waals surface area contributed by atoms with Crippen molar-refractivity contribution < 1.29 is 10.0 Å². The molecular weight excluding hydrogens is 256 g/mol. The van der Waals surface area contributed by atoms with Gasteiger partial charge in [-0.2, -0.15) is 0 Å². The van der Waals surface area contributed by atoms with Crippen LogP contribution in [0.3, 0.4) is 0 Å². The van der Waals surface area contributed by atoms with E-state index in [9.17, 15) is 4.79 Å². The average Bonchev–Trinajstić information content (AvgIpc) is 2.44. The van der Waals surface area contributed by atoms with Crippen LogP contribution in [0.4, 0.5) is 0 Å². The van der Waals surface area contributed by atoms with Crippen molar-refractivity contribution in [3.63, 3.8) is 0 Å². The highest BCUT2D eigenvalue weighted by Gasteiger charge is 2.41. The Morgan fingerprint density at radius 3 is 2.25 bits per heavy atom. The van der Waals surface area contributed by atoms with Crippen molar-refractivity contribution in [2.75, 3.05) is 0 Å². The van der Waals surface area contributed by atoms with Crippen LogP contribution in [-0.2, 0) is 4.79 Å². The Bertz CT molecular complexity index is 356. The Morgan fingerprint density at radius 1 is 1.35 bits per heavy atom.